The summed E-state index contributed by atoms with van der Waals surface area (Å²) in [4.78, 5) is 0. The van der Waals surface area contributed by atoms with Crippen LogP contribution in [-0.4, -0.2) is 6.54 Å². The van der Waals surface area contributed by atoms with Gasteiger partial charge in [0.1, 0.15) is 17.2 Å². The summed E-state index contributed by atoms with van der Waals surface area (Å²) in [5.41, 5.74) is 0.751. The van der Waals surface area contributed by atoms with Gasteiger partial charge in [-0.05, 0) is 49.1 Å². The Bertz CT molecular complexity index is 561. The van der Waals surface area contributed by atoms with E-state index in [-0.39, 0.29) is 11.9 Å². The molecule has 20 heavy (non-hydrogen) atoms. The molecule has 0 aliphatic rings. The lowest BCUT2D eigenvalue weighted by Crippen LogP contribution is -2.29. The molecule has 0 fully saturated rings. The smallest absolute Gasteiger partial charge is 0.134 e. The Morgan fingerprint density at radius 3 is 2.60 bits per heavy atom. The third kappa shape index (κ3) is 3.21. The van der Waals surface area contributed by atoms with Gasteiger partial charge in [0.05, 0.1) is 6.04 Å². The van der Waals surface area contributed by atoms with E-state index < -0.39 is 0 Å². The summed E-state index contributed by atoms with van der Waals surface area (Å²) in [6, 6.07) is 6.80. The first-order valence-corrected chi connectivity index (χ1v) is 7.45. The SMILES string of the molecule is CCCNC(c1cc2cc(F)ccc2o1)C(C)C(C)C. The van der Waals surface area contributed by atoms with Crippen molar-refractivity contribution in [3.8, 4) is 0 Å². The minimum Gasteiger partial charge on any atom is -0.459 e. The highest BCUT2D eigenvalue weighted by atomic mass is 19.1. The third-order valence-electron chi connectivity index (χ3n) is 4.00. The van der Waals surface area contributed by atoms with Crippen LogP contribution in [0.5, 0.6) is 0 Å². The first-order valence-electron chi connectivity index (χ1n) is 7.45. The van der Waals surface area contributed by atoms with Crippen LogP contribution >= 0.6 is 0 Å². The van der Waals surface area contributed by atoms with E-state index in [0.717, 1.165) is 29.7 Å². The van der Waals surface area contributed by atoms with E-state index in [1.165, 1.54) is 12.1 Å². The molecule has 1 N–H and O–H groups in total. The summed E-state index contributed by atoms with van der Waals surface area (Å²) in [5.74, 6) is 1.68. The van der Waals surface area contributed by atoms with Gasteiger partial charge in [0.15, 0.2) is 0 Å². The standard InChI is InChI=1S/C17H24FNO/c1-5-8-19-17(12(4)11(2)3)16-10-13-9-14(18)6-7-15(13)20-16/h6-7,9-12,17,19H,5,8H2,1-4H3. The number of benzene rings is 1. The Morgan fingerprint density at radius 2 is 1.95 bits per heavy atom. The van der Waals surface area contributed by atoms with E-state index in [2.05, 4.69) is 33.0 Å². The minimum absolute atomic E-state index is 0.172. The molecule has 0 saturated heterocycles. The van der Waals surface area contributed by atoms with Crippen molar-refractivity contribution in [1.29, 1.82) is 0 Å². The lowest BCUT2D eigenvalue weighted by Gasteiger charge is -2.26. The summed E-state index contributed by atoms with van der Waals surface area (Å²) in [7, 11) is 0. The number of nitrogens with one attached hydrogen (secondary N) is 1. The van der Waals surface area contributed by atoms with E-state index in [1.54, 1.807) is 6.07 Å². The summed E-state index contributed by atoms with van der Waals surface area (Å²) in [6.45, 7) is 9.76. The third-order valence-corrected chi connectivity index (χ3v) is 4.00. The first-order chi connectivity index (χ1) is 9.52. The highest BCUT2D eigenvalue weighted by Crippen LogP contribution is 2.32. The maximum atomic E-state index is 13.3. The molecule has 2 unspecified atom stereocenters. The molecule has 2 atom stereocenters. The van der Waals surface area contributed by atoms with Crippen molar-refractivity contribution in [3.05, 3.63) is 35.8 Å². The maximum Gasteiger partial charge on any atom is 0.134 e. The van der Waals surface area contributed by atoms with Crippen LogP contribution in [0.4, 0.5) is 4.39 Å². The Hall–Kier alpha value is -1.35. The van der Waals surface area contributed by atoms with Crippen LogP contribution in [0.25, 0.3) is 11.0 Å². The molecule has 0 bridgehead atoms. The molecular formula is C17H24FNO. The molecule has 1 heterocycles. The van der Waals surface area contributed by atoms with Crippen LogP contribution in [0.3, 0.4) is 0 Å². The predicted octanol–water partition coefficient (Wildman–Crippen LogP) is 4.90. The minimum atomic E-state index is -0.222. The second-order valence-corrected chi connectivity index (χ2v) is 5.87. The summed E-state index contributed by atoms with van der Waals surface area (Å²) in [5, 5.41) is 4.39. The fourth-order valence-electron chi connectivity index (χ4n) is 2.42. The van der Waals surface area contributed by atoms with Gasteiger partial charge in [-0.2, -0.15) is 0 Å². The molecule has 0 aliphatic carbocycles. The van der Waals surface area contributed by atoms with Crippen LogP contribution in [-0.2, 0) is 0 Å². The second-order valence-electron chi connectivity index (χ2n) is 5.87. The molecule has 0 saturated carbocycles. The quantitative estimate of drug-likeness (QED) is 0.812. The average molecular weight is 277 g/mol. The number of rotatable bonds is 6. The Labute approximate surface area is 120 Å². The van der Waals surface area contributed by atoms with Crippen LogP contribution in [0.2, 0.25) is 0 Å². The van der Waals surface area contributed by atoms with Gasteiger partial charge in [-0.25, -0.2) is 4.39 Å². The average Bonchev–Trinajstić information content (AvgIpc) is 2.81. The highest BCUT2D eigenvalue weighted by Gasteiger charge is 2.24. The van der Waals surface area contributed by atoms with Crippen molar-refractivity contribution in [2.45, 2.75) is 40.2 Å². The van der Waals surface area contributed by atoms with Crippen molar-refractivity contribution >= 4 is 11.0 Å². The molecule has 2 aromatic rings. The maximum absolute atomic E-state index is 13.3. The van der Waals surface area contributed by atoms with Crippen LogP contribution in [0.1, 0.15) is 45.9 Å². The normalized spacial score (nSPS) is 14.9. The lowest BCUT2D eigenvalue weighted by molar-refractivity contribution is 0.272. The fraction of sp³-hybridized carbons (Fsp3) is 0.529. The Morgan fingerprint density at radius 1 is 1.20 bits per heavy atom. The predicted molar refractivity (Wildman–Crippen MR) is 81.2 cm³/mol. The molecule has 0 aliphatic heterocycles. The fourth-order valence-corrected chi connectivity index (χ4v) is 2.42. The molecule has 2 nitrogen and oxygen atoms in total. The van der Waals surface area contributed by atoms with Crippen molar-refractivity contribution in [1.82, 2.24) is 5.32 Å². The Kier molecular flexibility index (Phi) is 4.81. The number of hydrogen-bond donors (Lipinski definition) is 1. The van der Waals surface area contributed by atoms with Crippen LogP contribution in [0.15, 0.2) is 28.7 Å². The number of furan rings is 1. The monoisotopic (exact) mass is 277 g/mol. The molecule has 1 aromatic carbocycles. The summed E-state index contributed by atoms with van der Waals surface area (Å²) < 4.78 is 19.2. The molecule has 0 amide bonds. The molecular weight excluding hydrogens is 253 g/mol. The summed E-state index contributed by atoms with van der Waals surface area (Å²) in [6.07, 6.45) is 1.08. The van der Waals surface area contributed by atoms with Gasteiger partial charge in [-0.1, -0.05) is 27.7 Å². The largest absolute Gasteiger partial charge is 0.459 e. The topological polar surface area (TPSA) is 25.2 Å². The molecule has 2 rings (SSSR count). The van der Waals surface area contributed by atoms with Crippen molar-refractivity contribution in [2.24, 2.45) is 11.8 Å². The summed E-state index contributed by atoms with van der Waals surface area (Å²) >= 11 is 0. The lowest BCUT2D eigenvalue weighted by atomic mass is 9.88. The zero-order chi connectivity index (χ0) is 14.7. The van der Waals surface area contributed by atoms with Gasteiger partial charge in [0.25, 0.3) is 0 Å². The Balaban J connectivity index is 2.34. The molecule has 110 valence electrons. The van der Waals surface area contributed by atoms with E-state index in [0.29, 0.717) is 11.8 Å². The molecule has 1 aromatic heterocycles. The van der Waals surface area contributed by atoms with Gasteiger partial charge < -0.3 is 9.73 Å². The van der Waals surface area contributed by atoms with E-state index in [1.807, 2.05) is 6.07 Å². The number of fused-ring (bicyclic) bond motifs is 1. The molecule has 3 heteroatoms. The van der Waals surface area contributed by atoms with Crippen molar-refractivity contribution in [3.63, 3.8) is 0 Å². The zero-order valence-corrected chi connectivity index (χ0v) is 12.7. The molecule has 0 spiro atoms. The number of halogens is 1. The van der Waals surface area contributed by atoms with Gasteiger partial charge in [-0.3, -0.25) is 0 Å². The van der Waals surface area contributed by atoms with Crippen molar-refractivity contribution < 1.29 is 8.81 Å². The van der Waals surface area contributed by atoms with Gasteiger partial charge in [0.2, 0.25) is 0 Å². The zero-order valence-electron chi connectivity index (χ0n) is 12.7. The number of hydrogen-bond acceptors (Lipinski definition) is 2. The van der Waals surface area contributed by atoms with E-state index in [9.17, 15) is 4.39 Å². The van der Waals surface area contributed by atoms with Gasteiger partial charge in [0, 0.05) is 5.39 Å². The van der Waals surface area contributed by atoms with Crippen LogP contribution < -0.4 is 5.32 Å². The highest BCUT2D eigenvalue weighted by molar-refractivity contribution is 5.78. The molecule has 0 radical (unpaired) electrons. The van der Waals surface area contributed by atoms with Crippen molar-refractivity contribution in [2.75, 3.05) is 6.54 Å². The van der Waals surface area contributed by atoms with Gasteiger partial charge >= 0.3 is 0 Å². The van der Waals surface area contributed by atoms with Crippen LogP contribution in [0, 0.1) is 17.7 Å². The first kappa shape index (κ1) is 15.0. The second kappa shape index (κ2) is 6.40. The van der Waals surface area contributed by atoms with Gasteiger partial charge in [-0.15, -0.1) is 0 Å². The van der Waals surface area contributed by atoms with E-state index >= 15 is 0 Å². The van der Waals surface area contributed by atoms with E-state index in [4.69, 9.17) is 4.42 Å².